The molecule has 1 heteroatoms. The molecule has 0 spiro atoms. The molecular formula is C14H25N. The van der Waals surface area contributed by atoms with Gasteiger partial charge < -0.3 is 4.90 Å². The minimum atomic E-state index is 0.709. The van der Waals surface area contributed by atoms with Crippen molar-refractivity contribution in [3.63, 3.8) is 0 Å². The molecule has 0 radical (unpaired) electrons. The fourth-order valence-corrected chi connectivity index (χ4v) is 2.37. The van der Waals surface area contributed by atoms with Crippen LogP contribution in [0.4, 0.5) is 0 Å². The second kappa shape index (κ2) is 5.99. The van der Waals surface area contributed by atoms with E-state index >= 15 is 0 Å². The number of allylic oxidation sites excluding steroid dienone is 4. The third kappa shape index (κ3) is 3.73. The van der Waals surface area contributed by atoms with Crippen LogP contribution in [-0.4, -0.2) is 18.0 Å². The Morgan fingerprint density at radius 1 is 1.27 bits per heavy atom. The lowest BCUT2D eigenvalue weighted by Crippen LogP contribution is -2.26. The second-order valence-electron chi connectivity index (χ2n) is 4.71. The van der Waals surface area contributed by atoms with Gasteiger partial charge >= 0.3 is 0 Å². The number of nitrogens with zero attached hydrogens (tertiary/aromatic N) is 1. The average Bonchev–Trinajstić information content (AvgIpc) is 2.16. The summed E-state index contributed by atoms with van der Waals surface area (Å²) in [5, 5.41) is 0. The molecular weight excluding hydrogens is 182 g/mol. The van der Waals surface area contributed by atoms with Gasteiger partial charge in [-0.3, -0.25) is 0 Å². The standard InChI is InChI=1S/C14H25N/c1-5-7-15(8-6-2)14-10-12(3)9-13(4)11-14/h9-10,13H,5-8,11H2,1-4H3. The minimum Gasteiger partial charge on any atom is -0.375 e. The van der Waals surface area contributed by atoms with Gasteiger partial charge in [0.15, 0.2) is 0 Å². The summed E-state index contributed by atoms with van der Waals surface area (Å²) >= 11 is 0. The smallest absolute Gasteiger partial charge is 0.0172 e. The molecule has 0 fully saturated rings. The summed E-state index contributed by atoms with van der Waals surface area (Å²) in [4.78, 5) is 2.56. The van der Waals surface area contributed by atoms with Crippen LogP contribution < -0.4 is 0 Å². The molecule has 0 amide bonds. The molecule has 15 heavy (non-hydrogen) atoms. The highest BCUT2D eigenvalue weighted by Crippen LogP contribution is 2.25. The molecule has 0 aromatic carbocycles. The molecule has 0 saturated carbocycles. The number of rotatable bonds is 5. The van der Waals surface area contributed by atoms with Crippen molar-refractivity contribution in [3.05, 3.63) is 23.4 Å². The highest BCUT2D eigenvalue weighted by Gasteiger charge is 2.14. The Hall–Kier alpha value is -0.720. The fraction of sp³-hybridized carbons (Fsp3) is 0.714. The summed E-state index contributed by atoms with van der Waals surface area (Å²) in [6.07, 6.45) is 8.45. The van der Waals surface area contributed by atoms with Crippen LogP contribution in [0.15, 0.2) is 23.4 Å². The summed E-state index contributed by atoms with van der Waals surface area (Å²) in [6.45, 7) is 11.5. The summed E-state index contributed by atoms with van der Waals surface area (Å²) in [5.41, 5.74) is 2.98. The molecule has 0 aromatic rings. The van der Waals surface area contributed by atoms with E-state index in [1.54, 1.807) is 5.70 Å². The predicted molar refractivity (Wildman–Crippen MR) is 67.8 cm³/mol. The van der Waals surface area contributed by atoms with Crippen LogP contribution in [0.3, 0.4) is 0 Å². The summed E-state index contributed by atoms with van der Waals surface area (Å²) < 4.78 is 0. The molecule has 1 aliphatic carbocycles. The first-order valence-corrected chi connectivity index (χ1v) is 6.31. The highest BCUT2D eigenvalue weighted by molar-refractivity contribution is 5.26. The Bertz CT molecular complexity index is 244. The molecule has 1 atom stereocenters. The van der Waals surface area contributed by atoms with Crippen molar-refractivity contribution in [2.45, 2.75) is 47.0 Å². The molecule has 0 saturated heterocycles. The van der Waals surface area contributed by atoms with Crippen molar-refractivity contribution < 1.29 is 0 Å². The quantitative estimate of drug-likeness (QED) is 0.659. The molecule has 1 aliphatic rings. The van der Waals surface area contributed by atoms with Crippen molar-refractivity contribution in [3.8, 4) is 0 Å². The second-order valence-corrected chi connectivity index (χ2v) is 4.71. The molecule has 86 valence electrons. The Morgan fingerprint density at radius 2 is 1.87 bits per heavy atom. The molecule has 1 rings (SSSR count). The van der Waals surface area contributed by atoms with Gasteiger partial charge in [0.2, 0.25) is 0 Å². The van der Waals surface area contributed by atoms with Gasteiger partial charge in [-0.2, -0.15) is 0 Å². The molecule has 0 N–H and O–H groups in total. The molecule has 1 unspecified atom stereocenters. The van der Waals surface area contributed by atoms with Crippen molar-refractivity contribution >= 4 is 0 Å². The van der Waals surface area contributed by atoms with Gasteiger partial charge in [-0.25, -0.2) is 0 Å². The van der Waals surface area contributed by atoms with Crippen molar-refractivity contribution in [1.82, 2.24) is 4.90 Å². The van der Waals surface area contributed by atoms with Crippen molar-refractivity contribution in [2.24, 2.45) is 5.92 Å². The van der Waals surface area contributed by atoms with Crippen LogP contribution in [0.5, 0.6) is 0 Å². The molecule has 0 aromatic heterocycles. The fourth-order valence-electron chi connectivity index (χ4n) is 2.37. The average molecular weight is 207 g/mol. The summed E-state index contributed by atoms with van der Waals surface area (Å²) in [5.74, 6) is 0.709. The van der Waals surface area contributed by atoms with E-state index in [1.165, 1.54) is 37.9 Å². The highest BCUT2D eigenvalue weighted by atomic mass is 15.1. The predicted octanol–water partition coefficient (Wildman–Crippen LogP) is 3.98. The third-order valence-electron chi connectivity index (χ3n) is 2.87. The zero-order valence-electron chi connectivity index (χ0n) is 10.7. The number of hydrogen-bond acceptors (Lipinski definition) is 1. The minimum absolute atomic E-state index is 0.709. The maximum Gasteiger partial charge on any atom is 0.0172 e. The van der Waals surface area contributed by atoms with Crippen LogP contribution >= 0.6 is 0 Å². The van der Waals surface area contributed by atoms with Crippen LogP contribution in [0.1, 0.15) is 47.0 Å². The number of hydrogen-bond donors (Lipinski definition) is 0. The van der Waals surface area contributed by atoms with Crippen LogP contribution in [0.25, 0.3) is 0 Å². The van der Waals surface area contributed by atoms with Gasteiger partial charge in [-0.05, 0) is 38.2 Å². The topological polar surface area (TPSA) is 3.24 Å². The Balaban J connectivity index is 2.70. The van der Waals surface area contributed by atoms with E-state index < -0.39 is 0 Å². The molecule has 0 bridgehead atoms. The van der Waals surface area contributed by atoms with Gasteiger partial charge in [0.05, 0.1) is 0 Å². The van der Waals surface area contributed by atoms with E-state index in [1.807, 2.05) is 0 Å². The van der Waals surface area contributed by atoms with Crippen LogP contribution in [0, 0.1) is 5.92 Å². The Morgan fingerprint density at radius 3 is 2.33 bits per heavy atom. The Kier molecular flexibility index (Phi) is 4.93. The SMILES string of the molecule is CCCN(CCC)C1=CC(C)=CC(C)C1. The van der Waals surface area contributed by atoms with Gasteiger partial charge in [0.1, 0.15) is 0 Å². The zero-order valence-corrected chi connectivity index (χ0v) is 10.7. The lowest BCUT2D eigenvalue weighted by atomic mass is 9.95. The van der Waals surface area contributed by atoms with Gasteiger partial charge in [0, 0.05) is 18.8 Å². The van der Waals surface area contributed by atoms with E-state index in [-0.39, 0.29) is 0 Å². The maximum atomic E-state index is 2.56. The lowest BCUT2D eigenvalue weighted by molar-refractivity contribution is 0.322. The third-order valence-corrected chi connectivity index (χ3v) is 2.87. The van der Waals surface area contributed by atoms with Crippen molar-refractivity contribution in [2.75, 3.05) is 13.1 Å². The molecule has 0 aliphatic heterocycles. The van der Waals surface area contributed by atoms with Gasteiger partial charge in [-0.1, -0.05) is 32.4 Å². The molecule has 1 nitrogen and oxygen atoms in total. The van der Waals surface area contributed by atoms with E-state index in [2.05, 4.69) is 44.7 Å². The molecule has 0 heterocycles. The zero-order chi connectivity index (χ0) is 11.3. The first-order chi connectivity index (χ1) is 7.17. The summed E-state index contributed by atoms with van der Waals surface area (Å²) in [6, 6.07) is 0. The van der Waals surface area contributed by atoms with Gasteiger partial charge in [-0.15, -0.1) is 0 Å². The lowest BCUT2D eigenvalue weighted by Gasteiger charge is -2.30. The Labute approximate surface area is 94.9 Å². The maximum absolute atomic E-state index is 2.56. The van der Waals surface area contributed by atoms with E-state index in [4.69, 9.17) is 0 Å². The summed E-state index contributed by atoms with van der Waals surface area (Å²) in [7, 11) is 0. The first kappa shape index (κ1) is 12.4. The van der Waals surface area contributed by atoms with E-state index in [0.717, 1.165) is 0 Å². The van der Waals surface area contributed by atoms with E-state index in [9.17, 15) is 0 Å². The van der Waals surface area contributed by atoms with Crippen LogP contribution in [0.2, 0.25) is 0 Å². The first-order valence-electron chi connectivity index (χ1n) is 6.31. The van der Waals surface area contributed by atoms with Gasteiger partial charge in [0.25, 0.3) is 0 Å². The van der Waals surface area contributed by atoms with E-state index in [0.29, 0.717) is 5.92 Å². The monoisotopic (exact) mass is 207 g/mol. The largest absolute Gasteiger partial charge is 0.375 e. The normalized spacial score (nSPS) is 20.9. The van der Waals surface area contributed by atoms with Crippen molar-refractivity contribution in [1.29, 1.82) is 0 Å². The van der Waals surface area contributed by atoms with Crippen LogP contribution in [-0.2, 0) is 0 Å².